The van der Waals surface area contributed by atoms with Crippen molar-refractivity contribution < 1.29 is 9.21 Å². The molecule has 2 aromatic carbocycles. The fraction of sp³-hybridized carbons (Fsp3) is 0.0476. The molecule has 1 aromatic heterocycles. The molecule has 1 saturated heterocycles. The summed E-state index contributed by atoms with van der Waals surface area (Å²) in [5.41, 5.74) is 2.36. The van der Waals surface area contributed by atoms with Crippen LogP contribution >= 0.6 is 46.6 Å². The number of aliphatic imine (C=N–C) groups is 1. The Morgan fingerprint density at radius 1 is 1.03 bits per heavy atom. The van der Waals surface area contributed by atoms with E-state index in [0.29, 0.717) is 42.3 Å². The lowest BCUT2D eigenvalue weighted by Crippen LogP contribution is -2.19. The molecule has 0 unspecified atom stereocenters. The number of amides is 1. The normalized spacial score (nSPS) is 16.6. The van der Waals surface area contributed by atoms with Crippen LogP contribution in [0.25, 0.3) is 17.4 Å². The highest BCUT2D eigenvalue weighted by atomic mass is 35.5. The highest BCUT2D eigenvalue weighted by Crippen LogP contribution is 2.33. The second-order valence-corrected chi connectivity index (χ2v) is 8.45. The Morgan fingerprint density at radius 3 is 2.66 bits per heavy atom. The maximum absolute atomic E-state index is 12.3. The fourth-order valence-corrected chi connectivity index (χ4v) is 3.95. The second-order valence-electron chi connectivity index (χ2n) is 6.20. The Balaban J connectivity index is 1.57. The summed E-state index contributed by atoms with van der Waals surface area (Å²) >= 11 is 19.4. The Hall–Kier alpha value is -2.18. The molecule has 8 heteroatoms. The minimum Gasteiger partial charge on any atom is -0.457 e. The van der Waals surface area contributed by atoms with Gasteiger partial charge in [0.15, 0.2) is 5.17 Å². The van der Waals surface area contributed by atoms with Gasteiger partial charge >= 0.3 is 0 Å². The summed E-state index contributed by atoms with van der Waals surface area (Å²) in [5.74, 6) is 0.937. The van der Waals surface area contributed by atoms with E-state index in [-0.39, 0.29) is 5.91 Å². The number of rotatable bonds is 3. The number of benzene rings is 2. The van der Waals surface area contributed by atoms with Crippen molar-refractivity contribution in [3.8, 4) is 11.3 Å². The minimum atomic E-state index is -0.235. The molecule has 0 spiro atoms. The molecule has 3 aromatic rings. The van der Waals surface area contributed by atoms with Crippen LogP contribution in [-0.2, 0) is 4.79 Å². The summed E-state index contributed by atoms with van der Waals surface area (Å²) in [6.45, 7) is 1.88. The van der Waals surface area contributed by atoms with Crippen molar-refractivity contribution in [3.05, 3.63) is 79.8 Å². The number of carbonyl (C=O) groups is 1. The average Bonchev–Trinajstić information content (AvgIpc) is 3.28. The maximum atomic E-state index is 12.3. The van der Waals surface area contributed by atoms with Crippen molar-refractivity contribution in [1.82, 2.24) is 5.32 Å². The van der Waals surface area contributed by atoms with Crippen molar-refractivity contribution in [3.63, 3.8) is 0 Å². The number of furan rings is 1. The lowest BCUT2D eigenvalue weighted by atomic mass is 10.2. The first kappa shape index (κ1) is 20.1. The Morgan fingerprint density at radius 2 is 1.86 bits per heavy atom. The average molecular weight is 464 g/mol. The molecule has 0 atom stereocenters. The van der Waals surface area contributed by atoms with Gasteiger partial charge in [-0.25, -0.2) is 4.99 Å². The predicted molar refractivity (Wildman–Crippen MR) is 121 cm³/mol. The van der Waals surface area contributed by atoms with E-state index in [4.69, 9.17) is 39.2 Å². The third kappa shape index (κ3) is 4.38. The molecule has 1 amide bonds. The van der Waals surface area contributed by atoms with Gasteiger partial charge in [0.1, 0.15) is 11.5 Å². The molecule has 0 aliphatic carbocycles. The smallest absolute Gasteiger partial charge is 0.264 e. The van der Waals surface area contributed by atoms with Crippen LogP contribution in [0.3, 0.4) is 0 Å². The number of halogens is 3. The Labute approximate surface area is 186 Å². The number of nitrogens with one attached hydrogen (secondary N) is 1. The van der Waals surface area contributed by atoms with Gasteiger partial charge in [-0.1, -0.05) is 40.9 Å². The SMILES string of the molecule is Cc1c(Cl)cccc1N=C1NC(=O)/C(=C/c2ccc(-c3ccc(Cl)c(Cl)c3)o2)S1. The number of thioether (sulfide) groups is 1. The zero-order valence-electron chi connectivity index (χ0n) is 15.0. The van der Waals surface area contributed by atoms with E-state index in [2.05, 4.69) is 10.3 Å². The maximum Gasteiger partial charge on any atom is 0.264 e. The van der Waals surface area contributed by atoms with Crippen LogP contribution in [0.5, 0.6) is 0 Å². The van der Waals surface area contributed by atoms with Gasteiger partial charge in [0.05, 0.1) is 20.6 Å². The third-order valence-electron chi connectivity index (χ3n) is 4.22. The summed E-state index contributed by atoms with van der Waals surface area (Å²) in [6, 6.07) is 14.3. The molecule has 0 bridgehead atoms. The van der Waals surface area contributed by atoms with Gasteiger partial charge in [0.25, 0.3) is 5.91 Å². The van der Waals surface area contributed by atoms with Crippen LogP contribution in [-0.4, -0.2) is 11.1 Å². The summed E-state index contributed by atoms with van der Waals surface area (Å²) in [7, 11) is 0. The van der Waals surface area contributed by atoms with E-state index in [1.54, 1.807) is 30.3 Å². The number of hydrogen-bond acceptors (Lipinski definition) is 4. The lowest BCUT2D eigenvalue weighted by Gasteiger charge is -2.02. The van der Waals surface area contributed by atoms with E-state index >= 15 is 0 Å². The second kappa shape index (κ2) is 8.28. The molecule has 146 valence electrons. The van der Waals surface area contributed by atoms with Gasteiger partial charge in [-0.2, -0.15) is 0 Å². The molecule has 0 radical (unpaired) electrons. The molecule has 1 N–H and O–H groups in total. The van der Waals surface area contributed by atoms with Crippen LogP contribution in [0.4, 0.5) is 5.69 Å². The predicted octanol–water partition coefficient (Wildman–Crippen LogP) is 7.11. The first-order chi connectivity index (χ1) is 13.9. The summed E-state index contributed by atoms with van der Waals surface area (Å²) < 4.78 is 5.83. The van der Waals surface area contributed by atoms with E-state index in [0.717, 1.165) is 11.1 Å². The van der Waals surface area contributed by atoms with Gasteiger partial charge in [-0.15, -0.1) is 0 Å². The third-order valence-corrected chi connectivity index (χ3v) is 6.27. The quantitative estimate of drug-likeness (QED) is 0.421. The van der Waals surface area contributed by atoms with Gasteiger partial charge < -0.3 is 9.73 Å². The van der Waals surface area contributed by atoms with E-state index < -0.39 is 0 Å². The molecule has 2 heterocycles. The van der Waals surface area contributed by atoms with Crippen LogP contribution < -0.4 is 5.32 Å². The van der Waals surface area contributed by atoms with Crippen molar-refractivity contribution in [1.29, 1.82) is 0 Å². The van der Waals surface area contributed by atoms with E-state index in [1.165, 1.54) is 11.8 Å². The summed E-state index contributed by atoms with van der Waals surface area (Å²) in [6.07, 6.45) is 1.67. The van der Waals surface area contributed by atoms with Crippen LogP contribution in [0.15, 0.2) is 62.8 Å². The fourth-order valence-electron chi connectivity index (χ4n) is 2.67. The molecule has 1 fully saturated rings. The van der Waals surface area contributed by atoms with Gasteiger partial charge in [-0.3, -0.25) is 4.79 Å². The van der Waals surface area contributed by atoms with Crippen molar-refractivity contribution in [2.24, 2.45) is 4.99 Å². The van der Waals surface area contributed by atoms with Crippen molar-refractivity contribution in [2.45, 2.75) is 6.92 Å². The zero-order chi connectivity index (χ0) is 20.5. The van der Waals surface area contributed by atoms with Gasteiger partial charge in [-0.05, 0) is 66.7 Å². The summed E-state index contributed by atoms with van der Waals surface area (Å²) in [5, 5.41) is 4.80. The minimum absolute atomic E-state index is 0.235. The zero-order valence-corrected chi connectivity index (χ0v) is 18.1. The van der Waals surface area contributed by atoms with Crippen molar-refractivity contribution in [2.75, 3.05) is 0 Å². The van der Waals surface area contributed by atoms with Gasteiger partial charge in [0.2, 0.25) is 0 Å². The number of amidine groups is 1. The lowest BCUT2D eigenvalue weighted by molar-refractivity contribution is -0.115. The van der Waals surface area contributed by atoms with Crippen LogP contribution in [0, 0.1) is 6.92 Å². The van der Waals surface area contributed by atoms with E-state index in [1.807, 2.05) is 31.2 Å². The summed E-state index contributed by atoms with van der Waals surface area (Å²) in [4.78, 5) is 17.3. The highest BCUT2D eigenvalue weighted by molar-refractivity contribution is 8.18. The number of nitrogens with zero attached hydrogens (tertiary/aromatic N) is 1. The molecular formula is C21H13Cl3N2O2S. The van der Waals surface area contributed by atoms with Gasteiger partial charge in [0, 0.05) is 16.7 Å². The molecule has 0 saturated carbocycles. The largest absolute Gasteiger partial charge is 0.457 e. The number of carbonyl (C=O) groups excluding carboxylic acids is 1. The first-order valence-electron chi connectivity index (χ1n) is 8.50. The molecule has 1 aliphatic heterocycles. The molecule has 4 nitrogen and oxygen atoms in total. The Kier molecular flexibility index (Phi) is 5.74. The molecular weight excluding hydrogens is 451 g/mol. The monoisotopic (exact) mass is 462 g/mol. The Bertz CT molecular complexity index is 1180. The van der Waals surface area contributed by atoms with Crippen LogP contribution in [0.2, 0.25) is 15.1 Å². The highest BCUT2D eigenvalue weighted by Gasteiger charge is 2.24. The van der Waals surface area contributed by atoms with Crippen LogP contribution in [0.1, 0.15) is 11.3 Å². The molecule has 1 aliphatic rings. The first-order valence-corrected chi connectivity index (χ1v) is 10.5. The van der Waals surface area contributed by atoms with E-state index in [9.17, 15) is 4.79 Å². The topological polar surface area (TPSA) is 54.6 Å². The standard InChI is InChI=1S/C21H13Cl3N2O2S/c1-11-14(22)3-2-4-17(11)25-21-26-20(27)19(29-21)10-13-6-8-18(28-13)12-5-7-15(23)16(24)9-12/h2-10H,1H3,(H,25,26,27)/b19-10-. The van der Waals surface area contributed by atoms with Crippen molar-refractivity contribution >= 4 is 69.4 Å². The number of hydrogen-bond donors (Lipinski definition) is 1. The molecule has 29 heavy (non-hydrogen) atoms. The molecule has 4 rings (SSSR count).